The van der Waals surface area contributed by atoms with Gasteiger partial charge in [-0.2, -0.15) is 10.2 Å². The number of nitrogens with two attached hydrogens (primary N) is 1. The van der Waals surface area contributed by atoms with E-state index in [9.17, 15) is 0 Å². The molecule has 2 atom stereocenters. The Labute approximate surface area is 123 Å². The molecule has 21 heavy (non-hydrogen) atoms. The highest BCUT2D eigenvalue weighted by molar-refractivity contribution is 5.53. The summed E-state index contributed by atoms with van der Waals surface area (Å²) in [7, 11) is 0. The van der Waals surface area contributed by atoms with Crippen LogP contribution in [-0.2, 0) is 6.42 Å². The van der Waals surface area contributed by atoms with Gasteiger partial charge in [-0.25, -0.2) is 4.52 Å². The molecular weight excluding hydrogens is 264 g/mol. The van der Waals surface area contributed by atoms with Gasteiger partial charge in [-0.1, -0.05) is 6.92 Å². The zero-order valence-electron chi connectivity index (χ0n) is 12.3. The summed E-state index contributed by atoms with van der Waals surface area (Å²) < 4.78 is 3.79. The average molecular weight is 284 g/mol. The first kappa shape index (κ1) is 13.8. The molecule has 0 aliphatic carbocycles. The standard InChI is InChI=1S/C15H20N6/c1-3-11(2)20-6-4-12(19-20)8-14(16)13-9-18-21-7-5-17-10-15(13)21/h4-7,9-11,14H,3,8,16H2,1-2H3. The molecule has 2 unspecified atom stereocenters. The molecule has 0 amide bonds. The summed E-state index contributed by atoms with van der Waals surface area (Å²) in [5.41, 5.74) is 9.28. The second-order valence-corrected chi connectivity index (χ2v) is 5.36. The Morgan fingerprint density at radius 2 is 2.14 bits per heavy atom. The zero-order valence-corrected chi connectivity index (χ0v) is 12.3. The Morgan fingerprint density at radius 1 is 1.29 bits per heavy atom. The Morgan fingerprint density at radius 3 is 2.95 bits per heavy atom. The van der Waals surface area contributed by atoms with E-state index in [1.165, 1.54) is 0 Å². The molecule has 0 fully saturated rings. The van der Waals surface area contributed by atoms with E-state index < -0.39 is 0 Å². The first-order valence-electron chi connectivity index (χ1n) is 7.26. The van der Waals surface area contributed by atoms with Crippen LogP contribution in [-0.4, -0.2) is 24.4 Å². The van der Waals surface area contributed by atoms with Crippen LogP contribution < -0.4 is 5.73 Å². The van der Waals surface area contributed by atoms with Crippen LogP contribution >= 0.6 is 0 Å². The van der Waals surface area contributed by atoms with E-state index in [0.717, 1.165) is 23.2 Å². The molecule has 3 aromatic rings. The predicted octanol–water partition coefficient (Wildman–Crippen LogP) is 2.14. The summed E-state index contributed by atoms with van der Waals surface area (Å²) in [5, 5.41) is 8.90. The number of nitrogens with zero attached hydrogens (tertiary/aromatic N) is 5. The highest BCUT2D eigenvalue weighted by atomic mass is 15.3. The van der Waals surface area contributed by atoms with Crippen molar-refractivity contribution in [3.05, 3.63) is 48.3 Å². The molecule has 110 valence electrons. The van der Waals surface area contributed by atoms with Crippen molar-refractivity contribution in [2.24, 2.45) is 5.73 Å². The van der Waals surface area contributed by atoms with Crippen molar-refractivity contribution in [3.8, 4) is 0 Å². The van der Waals surface area contributed by atoms with E-state index in [-0.39, 0.29) is 6.04 Å². The van der Waals surface area contributed by atoms with Crippen LogP contribution in [0.25, 0.3) is 5.52 Å². The van der Waals surface area contributed by atoms with Crippen LogP contribution in [0.5, 0.6) is 0 Å². The summed E-state index contributed by atoms with van der Waals surface area (Å²) in [4.78, 5) is 4.14. The first-order chi connectivity index (χ1) is 10.2. The number of hydrogen-bond donors (Lipinski definition) is 1. The smallest absolute Gasteiger partial charge is 0.0892 e. The van der Waals surface area contributed by atoms with Gasteiger partial charge in [0.1, 0.15) is 0 Å². The molecule has 0 saturated heterocycles. The topological polar surface area (TPSA) is 74.0 Å². The van der Waals surface area contributed by atoms with Crippen LogP contribution in [0.3, 0.4) is 0 Å². The third-order valence-corrected chi connectivity index (χ3v) is 3.89. The van der Waals surface area contributed by atoms with Crippen LogP contribution in [0.2, 0.25) is 0 Å². The minimum absolute atomic E-state index is 0.132. The number of rotatable bonds is 5. The van der Waals surface area contributed by atoms with Gasteiger partial charge >= 0.3 is 0 Å². The molecule has 0 radical (unpaired) electrons. The molecule has 0 aromatic carbocycles. The van der Waals surface area contributed by atoms with Crippen LogP contribution in [0.15, 0.2) is 37.1 Å². The molecule has 3 rings (SSSR count). The van der Waals surface area contributed by atoms with Gasteiger partial charge in [-0.05, 0) is 19.4 Å². The van der Waals surface area contributed by atoms with Crippen LogP contribution in [0.1, 0.15) is 43.6 Å². The first-order valence-corrected chi connectivity index (χ1v) is 7.26. The fourth-order valence-electron chi connectivity index (χ4n) is 2.39. The monoisotopic (exact) mass is 284 g/mol. The summed E-state index contributed by atoms with van der Waals surface area (Å²) in [6.45, 7) is 4.32. The fraction of sp³-hybridized carbons (Fsp3) is 0.400. The lowest BCUT2D eigenvalue weighted by atomic mass is 10.1. The van der Waals surface area contributed by atoms with E-state index >= 15 is 0 Å². The molecule has 0 bridgehead atoms. The Hall–Kier alpha value is -2.21. The third-order valence-electron chi connectivity index (χ3n) is 3.89. The normalized spacial score (nSPS) is 14.4. The maximum atomic E-state index is 6.33. The molecule has 3 aromatic heterocycles. The van der Waals surface area contributed by atoms with Gasteiger partial charge in [0, 0.05) is 42.7 Å². The van der Waals surface area contributed by atoms with Crippen LogP contribution in [0.4, 0.5) is 0 Å². The molecule has 3 heterocycles. The van der Waals surface area contributed by atoms with Gasteiger partial charge in [-0.3, -0.25) is 9.67 Å². The van der Waals surface area contributed by atoms with E-state index in [1.807, 2.05) is 29.3 Å². The van der Waals surface area contributed by atoms with Crippen molar-refractivity contribution in [3.63, 3.8) is 0 Å². The molecule has 6 heteroatoms. The number of fused-ring (bicyclic) bond motifs is 1. The number of aromatic nitrogens is 5. The lowest BCUT2D eigenvalue weighted by molar-refractivity contribution is 0.472. The van der Waals surface area contributed by atoms with E-state index in [0.29, 0.717) is 12.5 Å². The summed E-state index contributed by atoms with van der Waals surface area (Å²) in [5.74, 6) is 0. The lowest BCUT2D eigenvalue weighted by Gasteiger charge is -2.10. The summed E-state index contributed by atoms with van der Waals surface area (Å²) in [6.07, 6.45) is 10.9. The minimum Gasteiger partial charge on any atom is -0.324 e. The van der Waals surface area contributed by atoms with E-state index in [1.54, 1.807) is 16.9 Å². The second-order valence-electron chi connectivity index (χ2n) is 5.36. The van der Waals surface area contributed by atoms with Crippen molar-refractivity contribution in [2.45, 2.75) is 38.8 Å². The van der Waals surface area contributed by atoms with Crippen molar-refractivity contribution >= 4 is 5.52 Å². The predicted molar refractivity (Wildman–Crippen MR) is 80.8 cm³/mol. The summed E-state index contributed by atoms with van der Waals surface area (Å²) >= 11 is 0. The van der Waals surface area contributed by atoms with Crippen molar-refractivity contribution in [1.29, 1.82) is 0 Å². The van der Waals surface area contributed by atoms with Crippen molar-refractivity contribution in [1.82, 2.24) is 24.4 Å². The van der Waals surface area contributed by atoms with E-state index in [4.69, 9.17) is 5.73 Å². The average Bonchev–Trinajstić information content (AvgIpc) is 3.12. The highest BCUT2D eigenvalue weighted by Crippen LogP contribution is 2.20. The molecular formula is C15H20N6. The zero-order chi connectivity index (χ0) is 14.8. The SMILES string of the molecule is CCC(C)n1ccc(CC(N)c2cnn3ccncc23)n1. The highest BCUT2D eigenvalue weighted by Gasteiger charge is 2.15. The van der Waals surface area contributed by atoms with Gasteiger partial charge in [0.05, 0.1) is 23.6 Å². The van der Waals surface area contributed by atoms with Gasteiger partial charge in [0.25, 0.3) is 0 Å². The van der Waals surface area contributed by atoms with Gasteiger partial charge < -0.3 is 5.73 Å². The van der Waals surface area contributed by atoms with Gasteiger partial charge in [0.2, 0.25) is 0 Å². The molecule has 6 nitrogen and oxygen atoms in total. The van der Waals surface area contributed by atoms with Gasteiger partial charge in [0.15, 0.2) is 0 Å². The minimum atomic E-state index is -0.132. The Kier molecular flexibility index (Phi) is 3.70. The number of hydrogen-bond acceptors (Lipinski definition) is 4. The molecule has 2 N–H and O–H groups in total. The second kappa shape index (κ2) is 5.65. The summed E-state index contributed by atoms with van der Waals surface area (Å²) in [6, 6.07) is 2.32. The van der Waals surface area contributed by atoms with Crippen LogP contribution in [0, 0.1) is 0 Å². The quantitative estimate of drug-likeness (QED) is 0.779. The van der Waals surface area contributed by atoms with Gasteiger partial charge in [-0.15, -0.1) is 0 Å². The van der Waals surface area contributed by atoms with Crippen molar-refractivity contribution < 1.29 is 0 Å². The largest absolute Gasteiger partial charge is 0.324 e. The molecule has 0 aliphatic rings. The lowest BCUT2D eigenvalue weighted by Crippen LogP contribution is -2.14. The van der Waals surface area contributed by atoms with E-state index in [2.05, 4.69) is 29.0 Å². The third kappa shape index (κ3) is 2.67. The fourth-order valence-corrected chi connectivity index (χ4v) is 2.39. The molecule has 0 saturated carbocycles. The Balaban J connectivity index is 1.80. The molecule has 0 aliphatic heterocycles. The maximum Gasteiger partial charge on any atom is 0.0892 e. The molecule has 0 spiro atoms. The Bertz CT molecular complexity index is 728. The van der Waals surface area contributed by atoms with Crippen molar-refractivity contribution in [2.75, 3.05) is 0 Å². The maximum absolute atomic E-state index is 6.33.